The fourth-order valence-corrected chi connectivity index (χ4v) is 3.82. The minimum atomic E-state index is -1.20. The summed E-state index contributed by atoms with van der Waals surface area (Å²) >= 11 is 0. The second-order valence-corrected chi connectivity index (χ2v) is 8.52. The second kappa shape index (κ2) is 18.8. The van der Waals surface area contributed by atoms with Gasteiger partial charge in [-0.15, -0.1) is 0 Å². The van der Waals surface area contributed by atoms with Gasteiger partial charge in [0.25, 0.3) is 0 Å². The van der Waals surface area contributed by atoms with Crippen molar-refractivity contribution in [3.63, 3.8) is 0 Å². The maximum Gasteiger partial charge on any atom is 0.309 e. The molecule has 0 aromatic heterocycles. The number of carboxylic acid groups (broad SMARTS) is 3. The highest BCUT2D eigenvalue weighted by Gasteiger charge is 2.28. The van der Waals surface area contributed by atoms with E-state index in [9.17, 15) is 19.5 Å². The van der Waals surface area contributed by atoms with E-state index >= 15 is 0 Å². The molecule has 0 atom stereocenters. The lowest BCUT2D eigenvalue weighted by Gasteiger charge is -2.38. The number of carbonyl (C=O) groups is 3. The number of unbranched alkanes of at least 4 members (excludes halogenated alkanes) is 9. The minimum absolute atomic E-state index is 0.116. The van der Waals surface area contributed by atoms with Crippen LogP contribution in [0.5, 0.6) is 0 Å². The molecule has 0 aliphatic heterocycles. The molecular formula is C24H43NO6. The maximum atomic E-state index is 11.0. The molecule has 0 amide bonds. The molecule has 0 aromatic carbocycles. The molecule has 0 saturated carbocycles. The molecule has 7 heteroatoms. The number of nitrogens with zero attached hydrogens (tertiary/aromatic N) is 1. The van der Waals surface area contributed by atoms with Crippen LogP contribution in [0.1, 0.15) is 96.8 Å². The van der Waals surface area contributed by atoms with Crippen LogP contribution in [-0.2, 0) is 14.4 Å². The Morgan fingerprint density at radius 3 is 1.61 bits per heavy atom. The number of hydrogen-bond donors (Lipinski definition) is 2. The molecule has 0 bridgehead atoms. The van der Waals surface area contributed by atoms with Crippen molar-refractivity contribution in [2.24, 2.45) is 0 Å². The summed E-state index contributed by atoms with van der Waals surface area (Å²) in [5.41, 5.74) is 0. The normalized spacial score (nSPS) is 11.8. The first-order chi connectivity index (χ1) is 14.8. The van der Waals surface area contributed by atoms with Crippen LogP contribution in [0, 0.1) is 0 Å². The summed E-state index contributed by atoms with van der Waals surface area (Å²) < 4.78 is 0.176. The third kappa shape index (κ3) is 18.6. The van der Waals surface area contributed by atoms with E-state index in [2.05, 4.69) is 19.1 Å². The average molecular weight is 442 g/mol. The molecule has 7 nitrogen and oxygen atoms in total. The quantitative estimate of drug-likeness (QED) is 0.150. The van der Waals surface area contributed by atoms with Gasteiger partial charge in [-0.3, -0.25) is 9.59 Å². The van der Waals surface area contributed by atoms with Gasteiger partial charge in [-0.2, -0.15) is 0 Å². The van der Waals surface area contributed by atoms with E-state index in [4.69, 9.17) is 10.2 Å². The minimum Gasteiger partial charge on any atom is -0.550 e. The summed E-state index contributed by atoms with van der Waals surface area (Å²) in [5.74, 6) is -3.13. The molecule has 0 spiro atoms. The first-order valence-electron chi connectivity index (χ1n) is 11.9. The fraction of sp³-hybridized carbons (Fsp3) is 0.792. The van der Waals surface area contributed by atoms with E-state index in [0.29, 0.717) is 13.0 Å². The average Bonchev–Trinajstić information content (AvgIpc) is 2.72. The van der Waals surface area contributed by atoms with Crippen molar-refractivity contribution in [3.05, 3.63) is 12.2 Å². The summed E-state index contributed by atoms with van der Waals surface area (Å²) in [7, 11) is 0. The Hall–Kier alpha value is -1.89. The molecule has 0 heterocycles. The van der Waals surface area contributed by atoms with Crippen LogP contribution in [0.2, 0.25) is 0 Å². The van der Waals surface area contributed by atoms with Gasteiger partial charge < -0.3 is 24.6 Å². The van der Waals surface area contributed by atoms with Gasteiger partial charge in [0.1, 0.15) is 0 Å². The number of aliphatic carboxylic acids is 3. The third-order valence-electron chi connectivity index (χ3n) is 5.80. The van der Waals surface area contributed by atoms with Gasteiger partial charge in [0.2, 0.25) is 0 Å². The van der Waals surface area contributed by atoms with E-state index in [1.54, 1.807) is 0 Å². The van der Waals surface area contributed by atoms with E-state index < -0.39 is 17.9 Å². The summed E-state index contributed by atoms with van der Waals surface area (Å²) in [5, 5.41) is 29.0. The fourth-order valence-electron chi connectivity index (χ4n) is 3.82. The Kier molecular flexibility index (Phi) is 17.7. The number of allylic oxidation sites excluding steroid dienone is 1. The topological polar surface area (TPSA) is 115 Å². The van der Waals surface area contributed by atoms with Gasteiger partial charge in [0.15, 0.2) is 0 Å². The highest BCUT2D eigenvalue weighted by molar-refractivity contribution is 5.67. The number of hydrogen-bond acceptors (Lipinski definition) is 4. The Balaban J connectivity index is 4.37. The lowest BCUT2D eigenvalue weighted by atomic mass is 10.1. The van der Waals surface area contributed by atoms with Crippen molar-refractivity contribution >= 4 is 17.9 Å². The monoisotopic (exact) mass is 441 g/mol. The van der Waals surface area contributed by atoms with Crippen molar-refractivity contribution in [1.82, 2.24) is 0 Å². The van der Waals surface area contributed by atoms with Crippen LogP contribution in [0.15, 0.2) is 12.2 Å². The maximum absolute atomic E-state index is 11.0. The molecule has 0 saturated heterocycles. The van der Waals surface area contributed by atoms with Crippen LogP contribution in [0.25, 0.3) is 0 Å². The van der Waals surface area contributed by atoms with Crippen molar-refractivity contribution in [2.75, 3.05) is 26.2 Å². The summed E-state index contributed by atoms with van der Waals surface area (Å²) in [6, 6.07) is 0. The Labute approximate surface area is 187 Å². The molecule has 180 valence electrons. The number of rotatable bonds is 22. The van der Waals surface area contributed by atoms with Gasteiger partial charge in [-0.25, -0.2) is 0 Å². The molecule has 0 fully saturated rings. The second-order valence-electron chi connectivity index (χ2n) is 8.52. The molecular weight excluding hydrogens is 398 g/mol. The summed E-state index contributed by atoms with van der Waals surface area (Å²) in [6.07, 6.45) is 17.0. The summed E-state index contributed by atoms with van der Waals surface area (Å²) in [4.78, 5) is 33.0. The smallest absolute Gasteiger partial charge is 0.309 e. The molecule has 31 heavy (non-hydrogen) atoms. The van der Waals surface area contributed by atoms with Gasteiger partial charge in [0.05, 0.1) is 39.0 Å². The van der Waals surface area contributed by atoms with Crippen LogP contribution in [0.4, 0.5) is 0 Å². The largest absolute Gasteiger partial charge is 0.550 e. The van der Waals surface area contributed by atoms with Gasteiger partial charge in [0, 0.05) is 18.8 Å². The first kappa shape index (κ1) is 29.1. The Morgan fingerprint density at radius 2 is 1.13 bits per heavy atom. The predicted octanol–water partition coefficient (Wildman–Crippen LogP) is 3.76. The van der Waals surface area contributed by atoms with Crippen molar-refractivity contribution < 1.29 is 34.2 Å². The zero-order valence-electron chi connectivity index (χ0n) is 19.4. The predicted molar refractivity (Wildman–Crippen MR) is 119 cm³/mol. The zero-order valence-corrected chi connectivity index (χ0v) is 19.4. The van der Waals surface area contributed by atoms with Gasteiger partial charge in [-0.1, -0.05) is 70.4 Å². The molecule has 0 unspecified atom stereocenters. The highest BCUT2D eigenvalue weighted by atomic mass is 16.4. The molecule has 0 aromatic rings. The number of quaternary nitrogens is 1. The van der Waals surface area contributed by atoms with Crippen LogP contribution >= 0.6 is 0 Å². The number of carbonyl (C=O) groups excluding carboxylic acids is 1. The van der Waals surface area contributed by atoms with Crippen molar-refractivity contribution in [2.45, 2.75) is 96.8 Å². The molecule has 2 N–H and O–H groups in total. The van der Waals surface area contributed by atoms with E-state index in [1.165, 1.54) is 51.4 Å². The standard InChI is InChI=1S/C24H43NO6/c1-2-3-4-5-6-7-8-9-10-11-12-13-14-18-25(19-15-22(26)27,20-16-23(28)29)21-17-24(30)31/h12-13H,2-11,14-21H2,1H3,(H2-,26,27,28,29,30,31)/b13-12+. The van der Waals surface area contributed by atoms with Crippen LogP contribution < -0.4 is 5.11 Å². The highest BCUT2D eigenvalue weighted by Crippen LogP contribution is 2.15. The first-order valence-corrected chi connectivity index (χ1v) is 11.9. The number of carboxylic acids is 3. The molecule has 0 aliphatic carbocycles. The zero-order chi connectivity index (χ0) is 23.4. The molecule has 0 rings (SSSR count). The van der Waals surface area contributed by atoms with Crippen molar-refractivity contribution in [3.8, 4) is 0 Å². The van der Waals surface area contributed by atoms with Crippen LogP contribution in [-0.4, -0.2) is 58.8 Å². The van der Waals surface area contributed by atoms with E-state index in [-0.39, 0.29) is 43.4 Å². The lowest BCUT2D eigenvalue weighted by molar-refractivity contribution is -0.926. The third-order valence-corrected chi connectivity index (χ3v) is 5.80. The summed E-state index contributed by atoms with van der Waals surface area (Å²) in [6.45, 7) is 3.40. The van der Waals surface area contributed by atoms with Crippen LogP contribution in [0.3, 0.4) is 0 Å². The van der Waals surface area contributed by atoms with E-state index in [0.717, 1.165) is 12.8 Å². The SMILES string of the molecule is CCCCCCCCCCC/C=C/CC[N+](CCC(=O)[O-])(CCC(=O)O)CCC(=O)O. The Morgan fingerprint density at radius 1 is 0.677 bits per heavy atom. The van der Waals surface area contributed by atoms with Crippen molar-refractivity contribution in [1.29, 1.82) is 0 Å². The molecule has 0 aliphatic rings. The lowest BCUT2D eigenvalue weighted by Crippen LogP contribution is -2.52. The van der Waals surface area contributed by atoms with Gasteiger partial charge >= 0.3 is 11.9 Å². The molecule has 0 radical (unpaired) electrons. The Bertz CT molecular complexity index is 487. The van der Waals surface area contributed by atoms with Gasteiger partial charge in [-0.05, 0) is 12.8 Å². The van der Waals surface area contributed by atoms with E-state index in [1.807, 2.05) is 0 Å².